The predicted octanol–water partition coefficient (Wildman–Crippen LogP) is 3.73. The fourth-order valence-electron chi connectivity index (χ4n) is 2.88. The minimum atomic E-state index is -0.482. The van der Waals surface area contributed by atoms with Gasteiger partial charge in [-0.25, -0.2) is 4.79 Å². The number of nitrogens with zero attached hydrogens (tertiary/aromatic N) is 3. The molecule has 134 valence electrons. The Kier molecular flexibility index (Phi) is 6.04. The van der Waals surface area contributed by atoms with Gasteiger partial charge in [-0.2, -0.15) is 4.98 Å². The number of piperidine rings is 1. The van der Waals surface area contributed by atoms with Crippen molar-refractivity contribution >= 4 is 45.2 Å². The number of carbonyl (C=O) groups is 1. The molecule has 2 heterocycles. The number of aliphatic imine (C=N–C) groups is 1. The van der Waals surface area contributed by atoms with Gasteiger partial charge >= 0.3 is 6.09 Å². The van der Waals surface area contributed by atoms with Crippen LogP contribution >= 0.6 is 27.3 Å². The van der Waals surface area contributed by atoms with Crippen LogP contribution in [0.2, 0.25) is 0 Å². The van der Waals surface area contributed by atoms with Crippen LogP contribution in [0.1, 0.15) is 39.3 Å². The van der Waals surface area contributed by atoms with Gasteiger partial charge in [0, 0.05) is 0 Å². The first kappa shape index (κ1) is 19.3. The number of halogens is 1. The van der Waals surface area contributed by atoms with Crippen molar-refractivity contribution in [3.05, 3.63) is 9.48 Å². The molecule has 0 radical (unpaired) electrons. The van der Waals surface area contributed by atoms with Gasteiger partial charge in [0.1, 0.15) is 15.9 Å². The van der Waals surface area contributed by atoms with Crippen molar-refractivity contribution in [2.75, 3.05) is 20.1 Å². The van der Waals surface area contributed by atoms with Crippen LogP contribution in [0.25, 0.3) is 0 Å². The maximum atomic E-state index is 12.0. The highest BCUT2D eigenvalue weighted by atomic mass is 79.9. The number of likely N-dealkylation sites (tertiary alicyclic amines) is 1. The standard InChI is InChI=1S/C16H25BrN4O2S/c1-16(2,3)23-15(22)19-11-7-6-8-21(5,10-11)14-20-12(9-18-4)13(17)24-14/h11H,4,6-10H2,1-3,5H3/p+1. The van der Waals surface area contributed by atoms with Crippen molar-refractivity contribution in [1.29, 1.82) is 0 Å². The molecule has 1 aromatic rings. The summed E-state index contributed by atoms with van der Waals surface area (Å²) < 4.78 is 7.09. The second-order valence-electron chi connectivity index (χ2n) is 7.39. The van der Waals surface area contributed by atoms with E-state index in [1.807, 2.05) is 20.8 Å². The van der Waals surface area contributed by atoms with Crippen LogP contribution in [0.5, 0.6) is 0 Å². The molecule has 8 heteroatoms. The monoisotopic (exact) mass is 417 g/mol. The van der Waals surface area contributed by atoms with Gasteiger partial charge in [0.25, 0.3) is 5.13 Å². The number of carbonyl (C=O) groups excluding carboxylic acids is 1. The first-order valence-corrected chi connectivity index (χ1v) is 9.66. The largest absolute Gasteiger partial charge is 0.444 e. The molecule has 1 saturated heterocycles. The second kappa shape index (κ2) is 7.49. The number of ether oxygens (including phenoxy) is 1. The predicted molar refractivity (Wildman–Crippen MR) is 103 cm³/mol. The van der Waals surface area contributed by atoms with Crippen molar-refractivity contribution in [3.8, 4) is 0 Å². The van der Waals surface area contributed by atoms with Crippen LogP contribution in [0.15, 0.2) is 8.78 Å². The summed E-state index contributed by atoms with van der Waals surface area (Å²) in [5.41, 5.74) is 0.440. The number of nitrogens with one attached hydrogen (secondary N) is 1. The summed E-state index contributed by atoms with van der Waals surface area (Å²) in [7, 11) is 2.17. The highest BCUT2D eigenvalue weighted by Gasteiger charge is 2.37. The van der Waals surface area contributed by atoms with E-state index in [0.29, 0.717) is 11.0 Å². The van der Waals surface area contributed by atoms with Crippen molar-refractivity contribution in [2.24, 2.45) is 4.99 Å². The van der Waals surface area contributed by atoms with Gasteiger partial charge < -0.3 is 10.1 Å². The maximum Gasteiger partial charge on any atom is 0.408 e. The van der Waals surface area contributed by atoms with E-state index in [2.05, 4.69) is 40.0 Å². The van der Waals surface area contributed by atoms with Crippen LogP contribution in [-0.2, 0) is 11.3 Å². The Hall–Kier alpha value is -0.990. The fourth-order valence-corrected chi connectivity index (χ4v) is 4.46. The number of rotatable bonds is 4. The molecule has 1 aliphatic rings. The summed E-state index contributed by atoms with van der Waals surface area (Å²) in [4.78, 5) is 20.7. The summed E-state index contributed by atoms with van der Waals surface area (Å²) in [6, 6.07) is 0.0854. The van der Waals surface area contributed by atoms with Crippen LogP contribution in [0.4, 0.5) is 9.93 Å². The molecule has 6 nitrogen and oxygen atoms in total. The lowest BCUT2D eigenvalue weighted by Gasteiger charge is -2.38. The molecule has 1 aromatic heterocycles. The minimum Gasteiger partial charge on any atom is -0.444 e. The first-order valence-electron chi connectivity index (χ1n) is 8.05. The Morgan fingerprint density at radius 1 is 1.58 bits per heavy atom. The quantitative estimate of drug-likeness (QED) is 0.599. The van der Waals surface area contributed by atoms with Gasteiger partial charge in [-0.1, -0.05) is 0 Å². The van der Waals surface area contributed by atoms with E-state index in [9.17, 15) is 4.79 Å². The van der Waals surface area contributed by atoms with Crippen molar-refractivity contribution in [3.63, 3.8) is 0 Å². The lowest BCUT2D eigenvalue weighted by atomic mass is 10.0. The maximum absolute atomic E-state index is 12.0. The van der Waals surface area contributed by atoms with Gasteiger partial charge in [0.05, 0.1) is 31.9 Å². The van der Waals surface area contributed by atoms with Crippen LogP contribution in [-0.4, -0.2) is 49.6 Å². The van der Waals surface area contributed by atoms with E-state index in [0.717, 1.165) is 40.5 Å². The van der Waals surface area contributed by atoms with E-state index < -0.39 is 5.60 Å². The average molecular weight is 418 g/mol. The van der Waals surface area contributed by atoms with Gasteiger partial charge in [-0.15, -0.1) is 0 Å². The molecule has 2 rings (SSSR count). The van der Waals surface area contributed by atoms with Crippen molar-refractivity contribution in [1.82, 2.24) is 14.8 Å². The molecule has 24 heavy (non-hydrogen) atoms. The smallest absolute Gasteiger partial charge is 0.408 e. The third kappa shape index (κ3) is 5.00. The summed E-state index contributed by atoms with van der Waals surface area (Å²) in [6.07, 6.45) is 1.64. The summed E-state index contributed by atoms with van der Waals surface area (Å²) in [6.45, 7) is 11.5. The topological polar surface area (TPSA) is 63.6 Å². The molecular formula is C16H26BrN4O2S+. The van der Waals surface area contributed by atoms with Gasteiger partial charge in [-0.05, 0) is 67.6 Å². The molecule has 1 aliphatic heterocycles. The molecule has 2 unspecified atom stereocenters. The summed E-state index contributed by atoms with van der Waals surface area (Å²) >= 11 is 5.20. The SMILES string of the molecule is C=NCc1nc([N+]2(C)CCCC(NC(=O)OC(C)(C)C)C2)sc1Br. The van der Waals surface area contributed by atoms with Crippen molar-refractivity contribution in [2.45, 2.75) is 51.8 Å². The van der Waals surface area contributed by atoms with E-state index in [-0.39, 0.29) is 12.1 Å². The van der Waals surface area contributed by atoms with Crippen LogP contribution in [0, 0.1) is 0 Å². The van der Waals surface area contributed by atoms with E-state index in [4.69, 9.17) is 9.72 Å². The molecule has 0 spiro atoms. The molecule has 0 aliphatic carbocycles. The number of aromatic nitrogens is 1. The highest BCUT2D eigenvalue weighted by Crippen LogP contribution is 2.36. The number of amides is 1. The number of thiazole rings is 1. The molecule has 0 saturated carbocycles. The molecule has 2 atom stereocenters. The molecule has 1 N–H and O–H groups in total. The Balaban J connectivity index is 2.07. The number of likely N-dealkylation sites (N-methyl/N-ethyl adjacent to an activating group) is 1. The van der Waals surface area contributed by atoms with Crippen LogP contribution < -0.4 is 9.80 Å². The van der Waals surface area contributed by atoms with E-state index >= 15 is 0 Å². The van der Waals surface area contributed by atoms with Gasteiger partial charge in [0.15, 0.2) is 0 Å². The summed E-state index contributed by atoms with van der Waals surface area (Å²) in [5.74, 6) is 0. The fraction of sp³-hybridized carbons (Fsp3) is 0.688. The summed E-state index contributed by atoms with van der Waals surface area (Å²) in [5, 5.41) is 4.04. The zero-order valence-corrected chi connectivity index (χ0v) is 17.2. The van der Waals surface area contributed by atoms with E-state index in [1.165, 1.54) is 0 Å². The lowest BCUT2D eigenvalue weighted by molar-refractivity contribution is 0.0480. The third-order valence-electron chi connectivity index (χ3n) is 3.91. The zero-order chi connectivity index (χ0) is 18.0. The molecule has 0 aromatic carbocycles. The molecular weight excluding hydrogens is 392 g/mol. The molecule has 1 fully saturated rings. The Bertz CT molecular complexity index is 614. The second-order valence-corrected chi connectivity index (χ2v) is 9.68. The van der Waals surface area contributed by atoms with Crippen LogP contribution in [0.3, 0.4) is 0 Å². The number of alkyl carbamates (subject to hydrolysis) is 1. The lowest BCUT2D eigenvalue weighted by Crippen LogP contribution is -2.58. The minimum absolute atomic E-state index is 0.0854. The highest BCUT2D eigenvalue weighted by molar-refractivity contribution is 9.11. The Labute approximate surface area is 156 Å². The average Bonchev–Trinajstić information content (AvgIpc) is 2.79. The molecule has 1 amide bonds. The number of hydrogen-bond acceptors (Lipinski definition) is 5. The Morgan fingerprint density at radius 2 is 2.29 bits per heavy atom. The molecule has 0 bridgehead atoms. The van der Waals surface area contributed by atoms with Gasteiger partial charge in [-0.3, -0.25) is 9.48 Å². The normalized spacial score (nSPS) is 24.5. The third-order valence-corrected chi connectivity index (χ3v) is 5.98. The van der Waals surface area contributed by atoms with Crippen molar-refractivity contribution < 1.29 is 9.53 Å². The van der Waals surface area contributed by atoms with Gasteiger partial charge in [0.2, 0.25) is 0 Å². The number of hydrogen-bond donors (Lipinski definition) is 1. The first-order chi connectivity index (χ1) is 11.1. The van der Waals surface area contributed by atoms with E-state index in [1.54, 1.807) is 11.3 Å². The Morgan fingerprint density at radius 3 is 2.92 bits per heavy atom. The zero-order valence-electron chi connectivity index (χ0n) is 14.8. The number of quaternary nitrogens is 1.